The summed E-state index contributed by atoms with van der Waals surface area (Å²) in [5, 5.41) is 3.74. The van der Waals surface area contributed by atoms with Crippen LogP contribution < -0.4 is 5.32 Å². The first kappa shape index (κ1) is 14.3. The first-order valence-electron chi connectivity index (χ1n) is 7.58. The van der Waals surface area contributed by atoms with Crippen LogP contribution in [0.1, 0.15) is 46.5 Å². The number of methoxy groups -OCH3 is 1. The van der Waals surface area contributed by atoms with Crippen molar-refractivity contribution >= 4 is 0 Å². The number of hydrogen-bond donors (Lipinski definition) is 1. The zero-order valence-corrected chi connectivity index (χ0v) is 12.5. The predicted molar refractivity (Wildman–Crippen MR) is 75.9 cm³/mol. The standard InChI is InChI=1S/C15H30N2O/c1-5-16-14-13(8-9-15(14,2)3)17(10-11-18-4)12-6-7-12/h12-14,16H,5-11H2,1-4H3. The molecule has 18 heavy (non-hydrogen) atoms. The molecule has 0 amide bonds. The molecule has 2 saturated carbocycles. The summed E-state index contributed by atoms with van der Waals surface area (Å²) in [7, 11) is 1.81. The van der Waals surface area contributed by atoms with E-state index in [0.717, 1.165) is 25.7 Å². The van der Waals surface area contributed by atoms with Gasteiger partial charge < -0.3 is 10.1 Å². The maximum Gasteiger partial charge on any atom is 0.0589 e. The average molecular weight is 254 g/mol. The van der Waals surface area contributed by atoms with Crippen LogP contribution in [0.3, 0.4) is 0 Å². The fourth-order valence-electron chi connectivity index (χ4n) is 3.57. The van der Waals surface area contributed by atoms with Crippen LogP contribution in [0.5, 0.6) is 0 Å². The van der Waals surface area contributed by atoms with Crippen molar-refractivity contribution in [2.24, 2.45) is 5.41 Å². The molecule has 0 radical (unpaired) electrons. The zero-order valence-electron chi connectivity index (χ0n) is 12.5. The van der Waals surface area contributed by atoms with Gasteiger partial charge in [-0.15, -0.1) is 0 Å². The Labute approximate surface area is 112 Å². The van der Waals surface area contributed by atoms with Gasteiger partial charge in [-0.3, -0.25) is 4.90 Å². The average Bonchev–Trinajstić information content (AvgIpc) is 3.11. The molecule has 0 saturated heterocycles. The van der Waals surface area contributed by atoms with Crippen LogP contribution in [0, 0.1) is 5.41 Å². The lowest BCUT2D eigenvalue weighted by Crippen LogP contribution is -2.53. The van der Waals surface area contributed by atoms with E-state index in [4.69, 9.17) is 4.74 Å². The van der Waals surface area contributed by atoms with Gasteiger partial charge in [0.15, 0.2) is 0 Å². The zero-order chi connectivity index (χ0) is 13.2. The highest BCUT2D eigenvalue weighted by Gasteiger charge is 2.46. The van der Waals surface area contributed by atoms with E-state index in [1.165, 1.54) is 25.7 Å². The Morgan fingerprint density at radius 2 is 2.00 bits per heavy atom. The molecule has 0 heterocycles. The van der Waals surface area contributed by atoms with Gasteiger partial charge in [0.2, 0.25) is 0 Å². The molecule has 2 rings (SSSR count). The van der Waals surface area contributed by atoms with Gasteiger partial charge in [0.1, 0.15) is 0 Å². The van der Waals surface area contributed by atoms with E-state index >= 15 is 0 Å². The van der Waals surface area contributed by atoms with Gasteiger partial charge in [-0.1, -0.05) is 20.8 Å². The van der Waals surface area contributed by atoms with Crippen LogP contribution in [-0.4, -0.2) is 49.8 Å². The molecule has 0 aromatic heterocycles. The Balaban J connectivity index is 2.03. The fourth-order valence-corrected chi connectivity index (χ4v) is 3.57. The predicted octanol–water partition coefficient (Wildman–Crippen LogP) is 2.26. The second kappa shape index (κ2) is 5.89. The summed E-state index contributed by atoms with van der Waals surface area (Å²) in [5.41, 5.74) is 0.431. The number of likely N-dealkylation sites (N-methyl/N-ethyl adjacent to an activating group) is 1. The topological polar surface area (TPSA) is 24.5 Å². The molecule has 106 valence electrons. The minimum atomic E-state index is 0.431. The van der Waals surface area contributed by atoms with Gasteiger partial charge in [0, 0.05) is 31.8 Å². The van der Waals surface area contributed by atoms with Gasteiger partial charge in [-0.25, -0.2) is 0 Å². The van der Waals surface area contributed by atoms with E-state index in [9.17, 15) is 0 Å². The molecule has 2 aliphatic carbocycles. The number of ether oxygens (including phenoxy) is 1. The number of hydrogen-bond acceptors (Lipinski definition) is 3. The van der Waals surface area contributed by atoms with Crippen molar-refractivity contribution in [3.8, 4) is 0 Å². The Morgan fingerprint density at radius 3 is 2.56 bits per heavy atom. The Bertz CT molecular complexity index is 263. The molecule has 3 nitrogen and oxygen atoms in total. The van der Waals surface area contributed by atoms with Crippen LogP contribution in [-0.2, 0) is 4.74 Å². The lowest BCUT2D eigenvalue weighted by atomic mass is 9.86. The van der Waals surface area contributed by atoms with E-state index in [-0.39, 0.29) is 0 Å². The van der Waals surface area contributed by atoms with E-state index < -0.39 is 0 Å². The summed E-state index contributed by atoms with van der Waals surface area (Å²) in [5.74, 6) is 0. The maximum absolute atomic E-state index is 5.29. The van der Waals surface area contributed by atoms with E-state index in [2.05, 4.69) is 31.0 Å². The largest absolute Gasteiger partial charge is 0.383 e. The van der Waals surface area contributed by atoms with Crippen molar-refractivity contribution in [2.45, 2.75) is 64.6 Å². The first-order chi connectivity index (χ1) is 8.60. The molecule has 3 heteroatoms. The van der Waals surface area contributed by atoms with Crippen LogP contribution in [0.15, 0.2) is 0 Å². The smallest absolute Gasteiger partial charge is 0.0589 e. The Hall–Kier alpha value is -0.120. The quantitative estimate of drug-likeness (QED) is 0.754. The molecule has 2 unspecified atom stereocenters. The Morgan fingerprint density at radius 1 is 1.28 bits per heavy atom. The number of nitrogens with one attached hydrogen (secondary N) is 1. The monoisotopic (exact) mass is 254 g/mol. The summed E-state index contributed by atoms with van der Waals surface area (Å²) in [6.07, 6.45) is 5.45. The summed E-state index contributed by atoms with van der Waals surface area (Å²) in [6, 6.07) is 2.18. The lowest BCUT2D eigenvalue weighted by Gasteiger charge is -2.38. The molecule has 0 aromatic rings. The molecule has 1 N–H and O–H groups in total. The molecule has 2 fully saturated rings. The van der Waals surface area contributed by atoms with Crippen LogP contribution in [0.25, 0.3) is 0 Å². The molecule has 0 aliphatic heterocycles. The lowest BCUT2D eigenvalue weighted by molar-refractivity contribution is 0.0929. The maximum atomic E-state index is 5.29. The van der Waals surface area contributed by atoms with Crippen molar-refractivity contribution in [2.75, 3.05) is 26.8 Å². The van der Waals surface area contributed by atoms with Gasteiger partial charge in [0.25, 0.3) is 0 Å². The van der Waals surface area contributed by atoms with Crippen LogP contribution in [0.2, 0.25) is 0 Å². The van der Waals surface area contributed by atoms with Crippen LogP contribution >= 0.6 is 0 Å². The number of rotatable bonds is 7. The van der Waals surface area contributed by atoms with Crippen molar-refractivity contribution < 1.29 is 4.74 Å². The Kier molecular flexibility index (Phi) is 4.68. The van der Waals surface area contributed by atoms with Gasteiger partial charge in [-0.05, 0) is 37.6 Å². The SMILES string of the molecule is CCNC1C(N(CCOC)C2CC2)CCC1(C)C. The van der Waals surface area contributed by atoms with Crippen molar-refractivity contribution in [3.63, 3.8) is 0 Å². The van der Waals surface area contributed by atoms with Gasteiger partial charge in [-0.2, -0.15) is 0 Å². The third kappa shape index (κ3) is 3.06. The minimum absolute atomic E-state index is 0.431. The second-order valence-corrected chi connectivity index (χ2v) is 6.59. The highest BCUT2D eigenvalue weighted by atomic mass is 16.5. The molecule has 2 aliphatic rings. The first-order valence-corrected chi connectivity index (χ1v) is 7.58. The summed E-state index contributed by atoms with van der Waals surface area (Å²) in [4.78, 5) is 2.73. The molecule has 0 aromatic carbocycles. The van der Waals surface area contributed by atoms with Crippen LogP contribution in [0.4, 0.5) is 0 Å². The molecular formula is C15H30N2O. The fraction of sp³-hybridized carbons (Fsp3) is 1.00. The normalized spacial score (nSPS) is 31.2. The molecular weight excluding hydrogens is 224 g/mol. The third-order valence-electron chi connectivity index (χ3n) is 4.73. The highest BCUT2D eigenvalue weighted by Crippen LogP contribution is 2.42. The second-order valence-electron chi connectivity index (χ2n) is 6.59. The van der Waals surface area contributed by atoms with Crippen molar-refractivity contribution in [1.82, 2.24) is 10.2 Å². The summed E-state index contributed by atoms with van der Waals surface area (Å²) < 4.78 is 5.29. The van der Waals surface area contributed by atoms with Gasteiger partial charge in [0.05, 0.1) is 6.61 Å². The van der Waals surface area contributed by atoms with E-state index in [1.807, 2.05) is 7.11 Å². The van der Waals surface area contributed by atoms with E-state index in [1.54, 1.807) is 0 Å². The molecule has 2 atom stereocenters. The molecule has 0 spiro atoms. The van der Waals surface area contributed by atoms with E-state index in [0.29, 0.717) is 17.5 Å². The minimum Gasteiger partial charge on any atom is -0.383 e. The number of nitrogens with zero attached hydrogens (tertiary/aromatic N) is 1. The van der Waals surface area contributed by atoms with Crippen molar-refractivity contribution in [1.29, 1.82) is 0 Å². The summed E-state index contributed by atoms with van der Waals surface area (Å²) in [6.45, 7) is 10.1. The van der Waals surface area contributed by atoms with Crippen molar-refractivity contribution in [3.05, 3.63) is 0 Å². The summed E-state index contributed by atoms with van der Waals surface area (Å²) >= 11 is 0. The van der Waals surface area contributed by atoms with Gasteiger partial charge >= 0.3 is 0 Å². The highest BCUT2D eigenvalue weighted by molar-refractivity contribution is 5.03. The molecule has 0 bridgehead atoms. The third-order valence-corrected chi connectivity index (χ3v) is 4.73.